The molecule has 1 fully saturated rings. The van der Waals surface area contributed by atoms with E-state index in [1.807, 2.05) is 5.38 Å². The van der Waals surface area contributed by atoms with Gasteiger partial charge in [0.05, 0.1) is 5.56 Å². The summed E-state index contributed by atoms with van der Waals surface area (Å²) in [5.74, 6) is 0.990. The monoisotopic (exact) mass is 329 g/mol. The van der Waals surface area contributed by atoms with E-state index in [1.54, 1.807) is 29.7 Å². The van der Waals surface area contributed by atoms with E-state index in [2.05, 4.69) is 15.5 Å². The quantitative estimate of drug-likeness (QED) is 0.787. The van der Waals surface area contributed by atoms with Crippen molar-refractivity contribution in [2.45, 2.75) is 18.8 Å². The molecule has 6 heteroatoms. The Balaban J connectivity index is 1.83. The Hall–Kier alpha value is -2.05. The van der Waals surface area contributed by atoms with Gasteiger partial charge in [0.1, 0.15) is 16.5 Å². The molecule has 4 rings (SSSR count). The maximum absolute atomic E-state index is 13.2. The summed E-state index contributed by atoms with van der Waals surface area (Å²) in [5.41, 5.74) is 2.55. The number of halogens is 1. The molecule has 3 aromatic rings. The molecule has 4 nitrogen and oxygen atoms in total. The Bertz CT molecular complexity index is 777. The number of nitrogens with zero attached hydrogens (tertiary/aromatic N) is 2. The van der Waals surface area contributed by atoms with Crippen molar-refractivity contribution >= 4 is 11.3 Å². The molecule has 1 aliphatic rings. The van der Waals surface area contributed by atoms with Gasteiger partial charge < -0.3 is 9.84 Å². The molecule has 0 radical (unpaired) electrons. The van der Waals surface area contributed by atoms with Crippen LogP contribution in [0.5, 0.6) is 0 Å². The zero-order valence-electron chi connectivity index (χ0n) is 12.5. The molecule has 0 atom stereocenters. The molecule has 0 unspecified atom stereocenters. The summed E-state index contributed by atoms with van der Waals surface area (Å²) in [6.45, 7) is 1.96. The van der Waals surface area contributed by atoms with Crippen LogP contribution in [-0.2, 0) is 0 Å². The first-order chi connectivity index (χ1) is 11.3. The summed E-state index contributed by atoms with van der Waals surface area (Å²) in [7, 11) is 0. The number of piperidine rings is 1. The topological polar surface area (TPSA) is 51.0 Å². The van der Waals surface area contributed by atoms with E-state index in [1.165, 1.54) is 12.1 Å². The van der Waals surface area contributed by atoms with Gasteiger partial charge >= 0.3 is 0 Å². The molecule has 1 aromatic carbocycles. The van der Waals surface area contributed by atoms with E-state index in [0.717, 1.165) is 53.5 Å². The molecule has 0 amide bonds. The Morgan fingerprint density at radius 2 is 1.96 bits per heavy atom. The molecule has 0 saturated carbocycles. The van der Waals surface area contributed by atoms with Crippen LogP contribution < -0.4 is 5.32 Å². The van der Waals surface area contributed by atoms with Gasteiger partial charge in [-0.1, -0.05) is 5.16 Å². The third kappa shape index (κ3) is 2.80. The van der Waals surface area contributed by atoms with Crippen molar-refractivity contribution in [2.24, 2.45) is 0 Å². The maximum Gasteiger partial charge on any atom is 0.150 e. The molecule has 0 bridgehead atoms. The number of aromatic nitrogens is 2. The molecular weight excluding hydrogens is 313 g/mol. The molecular formula is C17H16FN3OS. The van der Waals surface area contributed by atoms with Gasteiger partial charge in [0, 0.05) is 23.1 Å². The summed E-state index contributed by atoms with van der Waals surface area (Å²) in [4.78, 5) is 4.45. The third-order valence-corrected chi connectivity index (χ3v) is 4.98. The predicted molar refractivity (Wildman–Crippen MR) is 87.8 cm³/mol. The van der Waals surface area contributed by atoms with Gasteiger partial charge in [0.15, 0.2) is 5.76 Å². The van der Waals surface area contributed by atoms with E-state index >= 15 is 0 Å². The van der Waals surface area contributed by atoms with Crippen LogP contribution in [0.15, 0.2) is 40.4 Å². The highest BCUT2D eigenvalue weighted by Gasteiger charge is 2.28. The van der Waals surface area contributed by atoms with Crippen LogP contribution in [0.4, 0.5) is 4.39 Å². The van der Waals surface area contributed by atoms with Crippen LogP contribution in [-0.4, -0.2) is 23.2 Å². The first-order valence-corrected chi connectivity index (χ1v) is 8.57. The van der Waals surface area contributed by atoms with Crippen molar-refractivity contribution < 1.29 is 8.91 Å². The first-order valence-electron chi connectivity index (χ1n) is 7.69. The van der Waals surface area contributed by atoms with Crippen molar-refractivity contribution in [3.05, 3.63) is 47.4 Å². The van der Waals surface area contributed by atoms with Crippen LogP contribution in [0.3, 0.4) is 0 Å². The highest BCUT2D eigenvalue weighted by molar-refractivity contribution is 7.13. The lowest BCUT2D eigenvalue weighted by atomic mass is 9.91. The van der Waals surface area contributed by atoms with Crippen LogP contribution in [0, 0.1) is 5.82 Å². The highest BCUT2D eigenvalue weighted by atomic mass is 32.1. The Morgan fingerprint density at radius 1 is 1.17 bits per heavy atom. The second kappa shape index (κ2) is 6.22. The van der Waals surface area contributed by atoms with Crippen LogP contribution >= 0.6 is 11.3 Å². The van der Waals surface area contributed by atoms with Gasteiger partial charge in [0.25, 0.3) is 0 Å². The van der Waals surface area contributed by atoms with Gasteiger partial charge in [-0.2, -0.15) is 0 Å². The van der Waals surface area contributed by atoms with Crippen molar-refractivity contribution in [3.63, 3.8) is 0 Å². The van der Waals surface area contributed by atoms with E-state index in [-0.39, 0.29) is 5.82 Å². The van der Waals surface area contributed by atoms with Crippen LogP contribution in [0.1, 0.15) is 24.5 Å². The number of hydrogen-bond acceptors (Lipinski definition) is 5. The first kappa shape index (κ1) is 14.5. The minimum Gasteiger partial charge on any atom is -0.360 e. The fourth-order valence-corrected chi connectivity index (χ4v) is 3.71. The van der Waals surface area contributed by atoms with E-state index in [4.69, 9.17) is 4.52 Å². The van der Waals surface area contributed by atoms with Gasteiger partial charge in [-0.3, -0.25) is 0 Å². The molecule has 0 aliphatic carbocycles. The Labute approximate surface area is 137 Å². The number of hydrogen-bond donors (Lipinski definition) is 1. The van der Waals surface area contributed by atoms with Crippen molar-refractivity contribution in [2.75, 3.05) is 13.1 Å². The Kier molecular flexibility index (Phi) is 3.93. The molecule has 1 saturated heterocycles. The van der Waals surface area contributed by atoms with Crippen LogP contribution in [0.25, 0.3) is 21.8 Å². The van der Waals surface area contributed by atoms with Gasteiger partial charge in [0.2, 0.25) is 0 Å². The molecule has 23 heavy (non-hydrogen) atoms. The van der Waals surface area contributed by atoms with E-state index in [0.29, 0.717) is 5.92 Å². The SMILES string of the molecule is Fc1ccc(-c2noc(C3CCNCC3)c2-c2nccs2)cc1. The van der Waals surface area contributed by atoms with Crippen molar-refractivity contribution in [1.82, 2.24) is 15.5 Å². The van der Waals surface area contributed by atoms with Crippen molar-refractivity contribution in [3.8, 4) is 21.8 Å². The number of benzene rings is 1. The smallest absolute Gasteiger partial charge is 0.150 e. The number of thiazole rings is 1. The van der Waals surface area contributed by atoms with E-state index in [9.17, 15) is 4.39 Å². The summed E-state index contributed by atoms with van der Waals surface area (Å²) in [6.07, 6.45) is 3.83. The number of rotatable bonds is 3. The third-order valence-electron chi connectivity index (χ3n) is 4.19. The minimum atomic E-state index is -0.258. The average Bonchev–Trinajstić information content (AvgIpc) is 3.25. The molecule has 1 aliphatic heterocycles. The zero-order valence-corrected chi connectivity index (χ0v) is 13.3. The standard InChI is InChI=1S/C17H16FN3OS/c18-13-3-1-11(2-4-13)15-14(17-20-9-10-23-17)16(22-21-15)12-5-7-19-8-6-12/h1-4,9-10,12,19H,5-8H2. The lowest BCUT2D eigenvalue weighted by molar-refractivity contribution is 0.329. The van der Waals surface area contributed by atoms with Gasteiger partial charge in [-0.05, 0) is 50.2 Å². The largest absolute Gasteiger partial charge is 0.360 e. The summed E-state index contributed by atoms with van der Waals surface area (Å²) >= 11 is 1.57. The molecule has 3 heterocycles. The minimum absolute atomic E-state index is 0.258. The lowest BCUT2D eigenvalue weighted by Crippen LogP contribution is -2.26. The molecule has 0 spiro atoms. The molecule has 1 N–H and O–H groups in total. The summed E-state index contributed by atoms with van der Waals surface area (Å²) < 4.78 is 19.0. The second-order valence-corrected chi connectivity index (χ2v) is 6.53. The van der Waals surface area contributed by atoms with Crippen molar-refractivity contribution in [1.29, 1.82) is 0 Å². The van der Waals surface area contributed by atoms with Crippen LogP contribution in [0.2, 0.25) is 0 Å². The second-order valence-electron chi connectivity index (χ2n) is 5.64. The fourth-order valence-electron chi connectivity index (χ4n) is 3.02. The lowest BCUT2D eigenvalue weighted by Gasteiger charge is -2.20. The highest BCUT2D eigenvalue weighted by Crippen LogP contribution is 2.41. The average molecular weight is 329 g/mol. The summed E-state index contributed by atoms with van der Waals surface area (Å²) in [5, 5.41) is 10.5. The van der Waals surface area contributed by atoms with E-state index < -0.39 is 0 Å². The normalized spacial score (nSPS) is 15.9. The molecule has 2 aromatic heterocycles. The zero-order chi connectivity index (χ0) is 15.6. The fraction of sp³-hybridized carbons (Fsp3) is 0.294. The molecule has 118 valence electrons. The predicted octanol–water partition coefficient (Wildman–Crippen LogP) is 4.07. The summed E-state index contributed by atoms with van der Waals surface area (Å²) in [6, 6.07) is 6.35. The maximum atomic E-state index is 13.2. The van der Waals surface area contributed by atoms with Gasteiger partial charge in [-0.25, -0.2) is 9.37 Å². The Morgan fingerprint density at radius 3 is 2.65 bits per heavy atom. The van der Waals surface area contributed by atoms with Gasteiger partial charge in [-0.15, -0.1) is 11.3 Å². The number of nitrogens with one attached hydrogen (secondary N) is 1.